The van der Waals surface area contributed by atoms with Gasteiger partial charge in [-0.2, -0.15) is 0 Å². The molecule has 0 saturated heterocycles. The molecular formula is C16H24O3. The van der Waals surface area contributed by atoms with Crippen molar-refractivity contribution < 1.29 is 14.3 Å². The lowest BCUT2D eigenvalue weighted by atomic mass is 10.0. The van der Waals surface area contributed by atoms with E-state index in [9.17, 15) is 4.79 Å². The highest BCUT2D eigenvalue weighted by molar-refractivity contribution is 5.91. The van der Waals surface area contributed by atoms with Crippen molar-refractivity contribution in [3.05, 3.63) is 28.8 Å². The van der Waals surface area contributed by atoms with E-state index >= 15 is 0 Å². The molecule has 0 amide bonds. The second-order valence-corrected chi connectivity index (χ2v) is 5.52. The molecule has 0 aromatic heterocycles. The summed E-state index contributed by atoms with van der Waals surface area (Å²) in [7, 11) is 0. The third-order valence-corrected chi connectivity index (χ3v) is 2.87. The minimum Gasteiger partial charge on any atom is -0.493 e. The van der Waals surface area contributed by atoms with Crippen LogP contribution in [0.1, 0.15) is 49.2 Å². The van der Waals surface area contributed by atoms with Crippen LogP contribution in [0.3, 0.4) is 0 Å². The molecule has 0 bridgehead atoms. The number of carbonyl (C=O) groups excluding carboxylic acids is 1. The van der Waals surface area contributed by atoms with Crippen molar-refractivity contribution >= 4 is 5.97 Å². The fourth-order valence-corrected chi connectivity index (χ4v) is 1.71. The van der Waals surface area contributed by atoms with Crippen LogP contribution in [-0.4, -0.2) is 18.7 Å². The van der Waals surface area contributed by atoms with Gasteiger partial charge in [0.2, 0.25) is 0 Å². The smallest absolute Gasteiger partial charge is 0.338 e. The first kappa shape index (κ1) is 15.5. The van der Waals surface area contributed by atoms with E-state index in [0.717, 1.165) is 16.9 Å². The van der Waals surface area contributed by atoms with Crippen LogP contribution in [0.4, 0.5) is 0 Å². The van der Waals surface area contributed by atoms with Gasteiger partial charge in [-0.1, -0.05) is 13.8 Å². The molecule has 0 fully saturated rings. The van der Waals surface area contributed by atoms with Gasteiger partial charge in [0.15, 0.2) is 0 Å². The number of esters is 1. The van der Waals surface area contributed by atoms with Gasteiger partial charge in [-0.3, -0.25) is 0 Å². The summed E-state index contributed by atoms with van der Waals surface area (Å²) in [6, 6.07) is 3.63. The average molecular weight is 264 g/mol. The molecule has 19 heavy (non-hydrogen) atoms. The van der Waals surface area contributed by atoms with Gasteiger partial charge in [0.1, 0.15) is 5.75 Å². The van der Waals surface area contributed by atoms with Gasteiger partial charge in [-0.05, 0) is 56.9 Å². The van der Waals surface area contributed by atoms with Crippen LogP contribution in [0.2, 0.25) is 0 Å². The van der Waals surface area contributed by atoms with Crippen LogP contribution in [0.15, 0.2) is 12.1 Å². The van der Waals surface area contributed by atoms with Crippen molar-refractivity contribution in [2.24, 2.45) is 5.92 Å². The summed E-state index contributed by atoms with van der Waals surface area (Å²) in [6.45, 7) is 12.5. The van der Waals surface area contributed by atoms with E-state index in [4.69, 9.17) is 9.47 Å². The Balaban J connectivity index is 2.94. The molecule has 0 spiro atoms. The summed E-state index contributed by atoms with van der Waals surface area (Å²) >= 11 is 0. The molecule has 0 unspecified atom stereocenters. The average Bonchev–Trinajstić information content (AvgIpc) is 2.29. The van der Waals surface area contributed by atoms with Gasteiger partial charge in [-0.15, -0.1) is 0 Å². The van der Waals surface area contributed by atoms with Crippen LogP contribution in [-0.2, 0) is 4.74 Å². The highest BCUT2D eigenvalue weighted by Gasteiger charge is 2.15. The van der Waals surface area contributed by atoms with Crippen LogP contribution in [0, 0.1) is 19.8 Å². The number of rotatable bonds is 5. The predicted molar refractivity (Wildman–Crippen MR) is 76.8 cm³/mol. The van der Waals surface area contributed by atoms with Gasteiger partial charge in [-0.25, -0.2) is 4.79 Å². The number of hydrogen-bond donors (Lipinski definition) is 0. The molecule has 0 saturated carbocycles. The molecule has 0 heterocycles. The van der Waals surface area contributed by atoms with Gasteiger partial charge >= 0.3 is 5.97 Å². The molecule has 0 aliphatic rings. The first-order chi connectivity index (χ1) is 8.82. The Hall–Kier alpha value is -1.51. The number of carbonyl (C=O) groups is 1. The van der Waals surface area contributed by atoms with E-state index in [1.165, 1.54) is 0 Å². The van der Waals surface area contributed by atoms with Crippen LogP contribution < -0.4 is 4.74 Å². The lowest BCUT2D eigenvalue weighted by molar-refractivity contribution is 0.0377. The number of benzene rings is 1. The van der Waals surface area contributed by atoms with E-state index < -0.39 is 0 Å². The second-order valence-electron chi connectivity index (χ2n) is 5.52. The van der Waals surface area contributed by atoms with Crippen molar-refractivity contribution in [1.29, 1.82) is 0 Å². The Morgan fingerprint density at radius 3 is 2.26 bits per heavy atom. The fraction of sp³-hybridized carbons (Fsp3) is 0.562. The zero-order valence-electron chi connectivity index (χ0n) is 12.7. The maximum atomic E-state index is 11.9. The highest BCUT2D eigenvalue weighted by Crippen LogP contribution is 2.25. The van der Waals surface area contributed by atoms with Crippen LogP contribution in [0.25, 0.3) is 0 Å². The molecule has 1 rings (SSSR count). The summed E-state index contributed by atoms with van der Waals surface area (Å²) < 4.78 is 11.0. The van der Waals surface area contributed by atoms with Crippen LogP contribution >= 0.6 is 0 Å². The molecule has 3 nitrogen and oxygen atoms in total. The topological polar surface area (TPSA) is 35.5 Å². The largest absolute Gasteiger partial charge is 0.493 e. The summed E-state index contributed by atoms with van der Waals surface area (Å²) in [4.78, 5) is 11.9. The zero-order valence-corrected chi connectivity index (χ0v) is 12.7. The van der Waals surface area contributed by atoms with Crippen molar-refractivity contribution in [3.8, 4) is 5.75 Å². The van der Waals surface area contributed by atoms with Gasteiger partial charge in [0.25, 0.3) is 0 Å². The number of ether oxygens (including phenoxy) is 2. The standard InChI is InChI=1S/C16H24O3/c1-10(2)9-18-15-8-7-14(12(5)13(15)6)16(17)19-11(3)4/h7-8,10-11H,9H2,1-6H3. The minimum absolute atomic E-state index is 0.107. The molecule has 0 radical (unpaired) electrons. The molecule has 0 aliphatic carbocycles. The summed E-state index contributed by atoms with van der Waals surface area (Å²) in [5, 5.41) is 0. The Kier molecular flexibility index (Phi) is 5.40. The summed E-state index contributed by atoms with van der Waals surface area (Å²) in [5.41, 5.74) is 2.54. The lowest BCUT2D eigenvalue weighted by Gasteiger charge is -2.16. The lowest BCUT2D eigenvalue weighted by Crippen LogP contribution is -2.14. The van der Waals surface area contributed by atoms with Crippen molar-refractivity contribution in [1.82, 2.24) is 0 Å². The Morgan fingerprint density at radius 2 is 1.74 bits per heavy atom. The Labute approximate surface area is 115 Å². The van der Waals surface area contributed by atoms with E-state index in [0.29, 0.717) is 18.1 Å². The Bertz CT molecular complexity index is 448. The monoisotopic (exact) mass is 264 g/mol. The molecule has 1 aromatic rings. The molecular weight excluding hydrogens is 240 g/mol. The molecule has 0 atom stereocenters. The minimum atomic E-state index is -0.272. The predicted octanol–water partition coefficient (Wildman–Crippen LogP) is 3.90. The third-order valence-electron chi connectivity index (χ3n) is 2.87. The first-order valence-corrected chi connectivity index (χ1v) is 6.77. The number of hydrogen-bond acceptors (Lipinski definition) is 3. The molecule has 0 aliphatic heterocycles. The van der Waals surface area contributed by atoms with Crippen molar-refractivity contribution in [3.63, 3.8) is 0 Å². The summed E-state index contributed by atoms with van der Waals surface area (Å²) in [6.07, 6.45) is -0.107. The zero-order chi connectivity index (χ0) is 14.6. The van der Waals surface area contributed by atoms with Crippen molar-refractivity contribution in [2.75, 3.05) is 6.61 Å². The van der Waals surface area contributed by atoms with E-state index in [1.807, 2.05) is 33.8 Å². The van der Waals surface area contributed by atoms with E-state index in [2.05, 4.69) is 13.8 Å². The van der Waals surface area contributed by atoms with Gasteiger partial charge in [0.05, 0.1) is 18.3 Å². The molecule has 1 aromatic carbocycles. The molecule has 106 valence electrons. The van der Waals surface area contributed by atoms with Crippen molar-refractivity contribution in [2.45, 2.75) is 47.6 Å². The SMILES string of the molecule is Cc1c(OCC(C)C)ccc(C(=O)OC(C)C)c1C. The quantitative estimate of drug-likeness (QED) is 0.756. The summed E-state index contributed by atoms with van der Waals surface area (Å²) in [5.74, 6) is 1.04. The molecule has 0 N–H and O–H groups in total. The van der Waals surface area contributed by atoms with Gasteiger partial charge in [0, 0.05) is 0 Å². The molecule has 3 heteroatoms. The fourth-order valence-electron chi connectivity index (χ4n) is 1.71. The third kappa shape index (κ3) is 4.27. The van der Waals surface area contributed by atoms with E-state index in [-0.39, 0.29) is 12.1 Å². The highest BCUT2D eigenvalue weighted by atomic mass is 16.5. The second kappa shape index (κ2) is 6.60. The maximum absolute atomic E-state index is 11.9. The normalized spacial score (nSPS) is 10.9. The van der Waals surface area contributed by atoms with Crippen LogP contribution in [0.5, 0.6) is 5.75 Å². The van der Waals surface area contributed by atoms with E-state index in [1.54, 1.807) is 6.07 Å². The first-order valence-electron chi connectivity index (χ1n) is 6.77. The Morgan fingerprint density at radius 1 is 1.11 bits per heavy atom. The van der Waals surface area contributed by atoms with Gasteiger partial charge < -0.3 is 9.47 Å². The maximum Gasteiger partial charge on any atom is 0.338 e.